The second-order valence-corrected chi connectivity index (χ2v) is 3.66. The molecule has 0 radical (unpaired) electrons. The Labute approximate surface area is 95.8 Å². The summed E-state index contributed by atoms with van der Waals surface area (Å²) in [5.41, 5.74) is 8.22. The summed E-state index contributed by atoms with van der Waals surface area (Å²) in [4.78, 5) is 11.5. The van der Waals surface area contributed by atoms with Crippen LogP contribution in [0.4, 0.5) is 5.69 Å². The van der Waals surface area contributed by atoms with Crippen LogP contribution in [0.15, 0.2) is 18.2 Å². The van der Waals surface area contributed by atoms with Crippen LogP contribution in [-0.2, 0) is 9.53 Å². The highest BCUT2D eigenvalue weighted by atomic mass is 16.5. The van der Waals surface area contributed by atoms with E-state index in [-0.39, 0.29) is 12.5 Å². The number of amides is 1. The summed E-state index contributed by atoms with van der Waals surface area (Å²) in [6.45, 7) is 4.80. The molecule has 0 heterocycles. The molecule has 0 saturated carbocycles. The second kappa shape index (κ2) is 6.25. The van der Waals surface area contributed by atoms with Crippen molar-refractivity contribution < 1.29 is 9.53 Å². The topological polar surface area (TPSA) is 64.3 Å². The number of para-hydroxylation sites is 1. The smallest absolute Gasteiger partial charge is 0.250 e. The van der Waals surface area contributed by atoms with Crippen molar-refractivity contribution in [2.75, 3.05) is 25.1 Å². The van der Waals surface area contributed by atoms with Gasteiger partial charge in [0.2, 0.25) is 5.91 Å². The number of aryl methyl sites for hydroxylation is 2. The Hall–Kier alpha value is -1.39. The summed E-state index contributed by atoms with van der Waals surface area (Å²) in [5, 5.41) is 2.83. The van der Waals surface area contributed by atoms with Crippen molar-refractivity contribution in [2.24, 2.45) is 5.73 Å². The van der Waals surface area contributed by atoms with Crippen molar-refractivity contribution in [3.8, 4) is 0 Å². The van der Waals surface area contributed by atoms with Gasteiger partial charge in [-0.25, -0.2) is 0 Å². The fourth-order valence-electron chi connectivity index (χ4n) is 1.44. The lowest BCUT2D eigenvalue weighted by atomic mass is 10.1. The summed E-state index contributed by atoms with van der Waals surface area (Å²) in [6, 6.07) is 5.89. The molecule has 0 aliphatic rings. The number of carbonyl (C=O) groups is 1. The molecular weight excluding hydrogens is 204 g/mol. The SMILES string of the molecule is Cc1cccc(C)c1NC(=O)COCCN. The van der Waals surface area contributed by atoms with Gasteiger partial charge in [0.05, 0.1) is 6.61 Å². The van der Waals surface area contributed by atoms with Crippen LogP contribution < -0.4 is 11.1 Å². The molecule has 0 aliphatic carbocycles. The van der Waals surface area contributed by atoms with E-state index in [2.05, 4.69) is 5.32 Å². The van der Waals surface area contributed by atoms with E-state index in [1.54, 1.807) is 0 Å². The van der Waals surface area contributed by atoms with Crippen molar-refractivity contribution in [3.05, 3.63) is 29.3 Å². The number of carbonyl (C=O) groups excluding carboxylic acids is 1. The lowest BCUT2D eigenvalue weighted by Gasteiger charge is -2.11. The molecule has 1 rings (SSSR count). The molecule has 0 atom stereocenters. The molecule has 1 amide bonds. The number of nitrogens with two attached hydrogens (primary N) is 1. The first kappa shape index (κ1) is 12.7. The molecule has 0 saturated heterocycles. The third-order valence-corrected chi connectivity index (χ3v) is 2.24. The summed E-state index contributed by atoms with van der Waals surface area (Å²) < 4.78 is 5.06. The summed E-state index contributed by atoms with van der Waals surface area (Å²) in [5.74, 6) is -0.147. The van der Waals surface area contributed by atoms with Gasteiger partial charge in [0.25, 0.3) is 0 Å². The van der Waals surface area contributed by atoms with E-state index in [9.17, 15) is 4.79 Å². The molecule has 0 aliphatic heterocycles. The Bertz CT molecular complexity index is 344. The maximum Gasteiger partial charge on any atom is 0.250 e. The molecule has 4 heteroatoms. The Morgan fingerprint density at radius 1 is 1.38 bits per heavy atom. The molecule has 0 bridgehead atoms. The summed E-state index contributed by atoms with van der Waals surface area (Å²) in [6.07, 6.45) is 0. The Kier molecular flexibility index (Phi) is 4.95. The maximum atomic E-state index is 11.5. The molecule has 0 aromatic heterocycles. The highest BCUT2D eigenvalue weighted by Crippen LogP contribution is 2.18. The van der Waals surface area contributed by atoms with Crippen molar-refractivity contribution in [3.63, 3.8) is 0 Å². The van der Waals surface area contributed by atoms with Gasteiger partial charge >= 0.3 is 0 Å². The second-order valence-electron chi connectivity index (χ2n) is 3.66. The number of hydrogen-bond acceptors (Lipinski definition) is 3. The quantitative estimate of drug-likeness (QED) is 0.736. The predicted molar refractivity (Wildman–Crippen MR) is 64.4 cm³/mol. The number of anilines is 1. The van der Waals surface area contributed by atoms with Crippen LogP contribution in [0.2, 0.25) is 0 Å². The number of rotatable bonds is 5. The number of benzene rings is 1. The van der Waals surface area contributed by atoms with Crippen LogP contribution in [-0.4, -0.2) is 25.7 Å². The normalized spacial score (nSPS) is 10.2. The lowest BCUT2D eigenvalue weighted by molar-refractivity contribution is -0.120. The molecule has 88 valence electrons. The minimum atomic E-state index is -0.147. The van der Waals surface area contributed by atoms with Crippen LogP contribution >= 0.6 is 0 Å². The monoisotopic (exact) mass is 222 g/mol. The van der Waals surface area contributed by atoms with E-state index < -0.39 is 0 Å². The zero-order valence-corrected chi connectivity index (χ0v) is 9.75. The lowest BCUT2D eigenvalue weighted by Crippen LogP contribution is -2.21. The number of nitrogens with one attached hydrogen (secondary N) is 1. The zero-order chi connectivity index (χ0) is 12.0. The standard InChI is InChI=1S/C12H18N2O2/c1-9-4-3-5-10(2)12(9)14-11(15)8-16-7-6-13/h3-5H,6-8,13H2,1-2H3,(H,14,15). The highest BCUT2D eigenvalue weighted by Gasteiger charge is 2.06. The Morgan fingerprint density at radius 3 is 2.56 bits per heavy atom. The molecule has 0 fully saturated rings. The van der Waals surface area contributed by atoms with E-state index in [4.69, 9.17) is 10.5 Å². The van der Waals surface area contributed by atoms with E-state index >= 15 is 0 Å². The van der Waals surface area contributed by atoms with Crippen molar-refractivity contribution in [2.45, 2.75) is 13.8 Å². The summed E-state index contributed by atoms with van der Waals surface area (Å²) in [7, 11) is 0. The van der Waals surface area contributed by atoms with Crippen molar-refractivity contribution in [1.82, 2.24) is 0 Å². The van der Waals surface area contributed by atoms with Gasteiger partial charge in [0.15, 0.2) is 0 Å². The fraction of sp³-hybridized carbons (Fsp3) is 0.417. The minimum Gasteiger partial charge on any atom is -0.370 e. The first-order valence-corrected chi connectivity index (χ1v) is 5.29. The van der Waals surface area contributed by atoms with Crippen LogP contribution in [0.3, 0.4) is 0 Å². The van der Waals surface area contributed by atoms with Crippen molar-refractivity contribution in [1.29, 1.82) is 0 Å². The Morgan fingerprint density at radius 2 is 2.00 bits per heavy atom. The van der Waals surface area contributed by atoms with E-state index in [0.717, 1.165) is 16.8 Å². The van der Waals surface area contributed by atoms with Crippen LogP contribution in [0.5, 0.6) is 0 Å². The number of ether oxygens (including phenoxy) is 1. The maximum absolute atomic E-state index is 11.5. The van der Waals surface area contributed by atoms with E-state index in [1.165, 1.54) is 0 Å². The van der Waals surface area contributed by atoms with Gasteiger partial charge in [-0.3, -0.25) is 4.79 Å². The van der Waals surface area contributed by atoms with E-state index in [0.29, 0.717) is 13.2 Å². The predicted octanol–water partition coefficient (Wildman–Crippen LogP) is 1.22. The minimum absolute atomic E-state index is 0.0466. The highest BCUT2D eigenvalue weighted by molar-refractivity contribution is 5.93. The Balaban J connectivity index is 2.56. The third-order valence-electron chi connectivity index (χ3n) is 2.24. The van der Waals surface area contributed by atoms with Gasteiger partial charge in [0.1, 0.15) is 6.61 Å². The molecule has 1 aromatic carbocycles. The largest absolute Gasteiger partial charge is 0.370 e. The van der Waals surface area contributed by atoms with Gasteiger partial charge in [-0.1, -0.05) is 18.2 Å². The average molecular weight is 222 g/mol. The first-order chi connectivity index (χ1) is 7.65. The van der Waals surface area contributed by atoms with Gasteiger partial charge in [-0.05, 0) is 25.0 Å². The fourth-order valence-corrected chi connectivity index (χ4v) is 1.44. The van der Waals surface area contributed by atoms with Gasteiger partial charge in [-0.2, -0.15) is 0 Å². The molecule has 4 nitrogen and oxygen atoms in total. The van der Waals surface area contributed by atoms with Crippen LogP contribution in [0.25, 0.3) is 0 Å². The molecule has 0 unspecified atom stereocenters. The molecular formula is C12H18N2O2. The van der Waals surface area contributed by atoms with Gasteiger partial charge < -0.3 is 15.8 Å². The summed E-state index contributed by atoms with van der Waals surface area (Å²) >= 11 is 0. The third kappa shape index (κ3) is 3.64. The average Bonchev–Trinajstić information content (AvgIpc) is 2.24. The van der Waals surface area contributed by atoms with Crippen molar-refractivity contribution >= 4 is 11.6 Å². The van der Waals surface area contributed by atoms with Gasteiger partial charge in [-0.15, -0.1) is 0 Å². The zero-order valence-electron chi connectivity index (χ0n) is 9.75. The number of hydrogen-bond donors (Lipinski definition) is 2. The first-order valence-electron chi connectivity index (χ1n) is 5.29. The van der Waals surface area contributed by atoms with Gasteiger partial charge in [0, 0.05) is 12.2 Å². The molecule has 3 N–H and O–H groups in total. The van der Waals surface area contributed by atoms with Crippen LogP contribution in [0.1, 0.15) is 11.1 Å². The molecule has 16 heavy (non-hydrogen) atoms. The van der Waals surface area contributed by atoms with Crippen LogP contribution in [0, 0.1) is 13.8 Å². The van der Waals surface area contributed by atoms with E-state index in [1.807, 2.05) is 32.0 Å². The molecule has 0 spiro atoms. The molecule has 1 aromatic rings.